The summed E-state index contributed by atoms with van der Waals surface area (Å²) in [5, 5.41) is 2.91. The Morgan fingerprint density at radius 2 is 1.31 bits per heavy atom. The topological polar surface area (TPSA) is 90.9 Å². The van der Waals surface area contributed by atoms with Gasteiger partial charge in [-0.15, -0.1) is 0 Å². The average molecular weight is 492 g/mol. The molecule has 35 heavy (non-hydrogen) atoms. The Morgan fingerprint density at radius 1 is 0.800 bits per heavy atom. The Bertz CT molecular complexity index is 743. The van der Waals surface area contributed by atoms with Crippen molar-refractivity contribution in [2.45, 2.75) is 104 Å². The van der Waals surface area contributed by atoms with Gasteiger partial charge in [-0.3, -0.25) is 14.4 Å². The quantitative estimate of drug-likeness (QED) is 0.209. The SMILES string of the molecule is CCCCCCCCCCOc1ccc(C(CC)C(COC(C)=O)(COC(C)=O)NC(C)=O)cc1. The van der Waals surface area contributed by atoms with Crippen LogP contribution < -0.4 is 10.1 Å². The maximum atomic E-state index is 12.1. The van der Waals surface area contributed by atoms with Gasteiger partial charge in [0.1, 0.15) is 24.5 Å². The maximum absolute atomic E-state index is 12.1. The molecule has 1 aromatic rings. The third-order valence-corrected chi connectivity index (χ3v) is 6.12. The molecule has 0 heterocycles. The van der Waals surface area contributed by atoms with Gasteiger partial charge in [-0.25, -0.2) is 0 Å². The van der Waals surface area contributed by atoms with E-state index in [0.717, 1.165) is 17.7 Å². The smallest absolute Gasteiger partial charge is 0.302 e. The number of carbonyl (C=O) groups excluding carboxylic acids is 3. The van der Waals surface area contributed by atoms with Crippen LogP contribution in [-0.2, 0) is 23.9 Å². The minimum Gasteiger partial charge on any atom is -0.494 e. The zero-order chi connectivity index (χ0) is 26.1. The van der Waals surface area contributed by atoms with Gasteiger partial charge in [0.25, 0.3) is 0 Å². The number of amides is 1. The second kappa shape index (κ2) is 17.0. The summed E-state index contributed by atoms with van der Waals surface area (Å²) in [6.45, 7) is 8.70. The summed E-state index contributed by atoms with van der Waals surface area (Å²) < 4.78 is 16.5. The number of ether oxygens (including phenoxy) is 3. The molecule has 1 rings (SSSR count). The van der Waals surface area contributed by atoms with E-state index in [-0.39, 0.29) is 25.0 Å². The molecule has 0 aromatic heterocycles. The number of benzene rings is 1. The van der Waals surface area contributed by atoms with E-state index in [9.17, 15) is 14.4 Å². The van der Waals surface area contributed by atoms with E-state index < -0.39 is 17.5 Å². The van der Waals surface area contributed by atoms with Gasteiger partial charge in [0.15, 0.2) is 0 Å². The molecular weight excluding hydrogens is 446 g/mol. The van der Waals surface area contributed by atoms with Gasteiger partial charge in [0.05, 0.1) is 6.61 Å². The van der Waals surface area contributed by atoms with Crippen molar-refractivity contribution in [1.29, 1.82) is 0 Å². The number of rotatable bonds is 18. The first-order valence-electron chi connectivity index (χ1n) is 13.0. The molecule has 1 N–H and O–H groups in total. The van der Waals surface area contributed by atoms with Crippen molar-refractivity contribution in [3.63, 3.8) is 0 Å². The monoisotopic (exact) mass is 491 g/mol. The van der Waals surface area contributed by atoms with E-state index in [1.54, 1.807) is 0 Å². The second-order valence-corrected chi connectivity index (χ2v) is 9.25. The van der Waals surface area contributed by atoms with Crippen LogP contribution >= 0.6 is 0 Å². The lowest BCUT2D eigenvalue weighted by Crippen LogP contribution is -2.59. The van der Waals surface area contributed by atoms with Crippen molar-refractivity contribution in [3.8, 4) is 5.75 Å². The molecule has 0 spiro atoms. The fourth-order valence-electron chi connectivity index (χ4n) is 4.38. The number of esters is 2. The summed E-state index contributed by atoms with van der Waals surface area (Å²) in [5.74, 6) is -0.708. The summed E-state index contributed by atoms with van der Waals surface area (Å²) in [4.78, 5) is 35.2. The molecule has 1 aromatic carbocycles. The Labute approximate surface area is 211 Å². The van der Waals surface area contributed by atoms with E-state index in [4.69, 9.17) is 14.2 Å². The summed E-state index contributed by atoms with van der Waals surface area (Å²) in [6, 6.07) is 7.74. The Hall–Kier alpha value is -2.57. The predicted molar refractivity (Wildman–Crippen MR) is 137 cm³/mol. The molecule has 0 aliphatic rings. The molecule has 0 saturated heterocycles. The molecule has 0 bridgehead atoms. The normalized spacial score (nSPS) is 12.0. The Kier molecular flexibility index (Phi) is 14.8. The molecule has 1 amide bonds. The molecule has 0 fully saturated rings. The van der Waals surface area contributed by atoms with Gasteiger partial charge in [-0.05, 0) is 30.5 Å². The highest BCUT2D eigenvalue weighted by Crippen LogP contribution is 2.34. The fourth-order valence-corrected chi connectivity index (χ4v) is 4.38. The standard InChI is InChI=1S/C28H45NO6/c1-6-8-9-10-11-12-13-14-19-33-26-17-15-25(16-18-26)27(7-2)28(29-22(3)30,20-34-23(4)31)21-35-24(5)32/h15-18,27H,6-14,19-21H2,1-5H3,(H,29,30). The Morgan fingerprint density at radius 3 is 1.77 bits per heavy atom. The van der Waals surface area contributed by atoms with Crippen molar-refractivity contribution in [2.75, 3.05) is 19.8 Å². The van der Waals surface area contributed by atoms with Crippen molar-refractivity contribution in [1.82, 2.24) is 5.32 Å². The highest BCUT2D eigenvalue weighted by Gasteiger charge is 2.42. The lowest BCUT2D eigenvalue weighted by atomic mass is 9.78. The molecule has 7 heteroatoms. The van der Waals surface area contributed by atoms with Crippen LogP contribution in [0.1, 0.15) is 104 Å². The van der Waals surface area contributed by atoms with Crippen molar-refractivity contribution in [2.24, 2.45) is 0 Å². The van der Waals surface area contributed by atoms with Gasteiger partial charge in [-0.2, -0.15) is 0 Å². The van der Waals surface area contributed by atoms with Crippen molar-refractivity contribution in [3.05, 3.63) is 29.8 Å². The fraction of sp³-hybridized carbons (Fsp3) is 0.679. The van der Waals surface area contributed by atoms with Crippen LogP contribution in [-0.4, -0.2) is 43.2 Å². The molecule has 1 unspecified atom stereocenters. The van der Waals surface area contributed by atoms with Crippen LogP contribution in [0, 0.1) is 0 Å². The molecule has 1 atom stereocenters. The highest BCUT2D eigenvalue weighted by atomic mass is 16.5. The van der Waals surface area contributed by atoms with Gasteiger partial charge in [0.2, 0.25) is 5.91 Å². The molecule has 0 radical (unpaired) electrons. The first-order chi connectivity index (χ1) is 16.7. The molecular formula is C28H45NO6. The summed E-state index contributed by atoms with van der Waals surface area (Å²) in [7, 11) is 0. The van der Waals surface area contributed by atoms with Crippen molar-refractivity contribution >= 4 is 17.8 Å². The number of hydrogen-bond acceptors (Lipinski definition) is 6. The molecule has 7 nitrogen and oxygen atoms in total. The van der Waals surface area contributed by atoms with E-state index in [1.807, 2.05) is 31.2 Å². The summed E-state index contributed by atoms with van der Waals surface area (Å²) >= 11 is 0. The number of carbonyl (C=O) groups is 3. The summed E-state index contributed by atoms with van der Waals surface area (Å²) in [6.07, 6.45) is 10.6. The first kappa shape index (κ1) is 30.5. The molecule has 198 valence electrons. The van der Waals surface area contributed by atoms with Crippen molar-refractivity contribution < 1.29 is 28.6 Å². The second-order valence-electron chi connectivity index (χ2n) is 9.25. The van der Waals surface area contributed by atoms with Gasteiger partial charge in [0, 0.05) is 26.7 Å². The number of nitrogens with one attached hydrogen (secondary N) is 1. The van der Waals surface area contributed by atoms with Gasteiger partial charge < -0.3 is 19.5 Å². The van der Waals surface area contributed by atoms with Crippen LogP contribution in [0.3, 0.4) is 0 Å². The van der Waals surface area contributed by atoms with E-state index in [2.05, 4.69) is 12.2 Å². The third kappa shape index (κ3) is 12.1. The van der Waals surface area contributed by atoms with Crippen LogP contribution in [0.25, 0.3) is 0 Å². The molecule has 0 aliphatic heterocycles. The van der Waals surface area contributed by atoms with E-state index in [1.165, 1.54) is 65.7 Å². The van der Waals surface area contributed by atoms with Crippen LogP contribution in [0.4, 0.5) is 0 Å². The van der Waals surface area contributed by atoms with Crippen LogP contribution in [0.15, 0.2) is 24.3 Å². The number of unbranched alkanes of at least 4 members (excludes halogenated alkanes) is 7. The average Bonchev–Trinajstić information content (AvgIpc) is 2.81. The molecule has 0 saturated carbocycles. The lowest BCUT2D eigenvalue weighted by molar-refractivity contribution is -0.151. The van der Waals surface area contributed by atoms with E-state index >= 15 is 0 Å². The minimum absolute atomic E-state index is 0.107. The summed E-state index contributed by atoms with van der Waals surface area (Å²) in [5.41, 5.74) is -0.155. The van der Waals surface area contributed by atoms with Crippen LogP contribution in [0.2, 0.25) is 0 Å². The molecule has 0 aliphatic carbocycles. The maximum Gasteiger partial charge on any atom is 0.302 e. The first-order valence-corrected chi connectivity index (χ1v) is 13.0. The minimum atomic E-state index is -1.09. The largest absolute Gasteiger partial charge is 0.494 e. The van der Waals surface area contributed by atoms with Gasteiger partial charge >= 0.3 is 11.9 Å². The highest BCUT2D eigenvalue weighted by molar-refractivity contribution is 5.74. The zero-order valence-corrected chi connectivity index (χ0v) is 22.3. The predicted octanol–water partition coefficient (Wildman–Crippen LogP) is 5.70. The Balaban J connectivity index is 2.82. The van der Waals surface area contributed by atoms with Gasteiger partial charge in [-0.1, -0.05) is 70.9 Å². The number of hydrogen-bond donors (Lipinski definition) is 1. The lowest BCUT2D eigenvalue weighted by Gasteiger charge is -2.40. The zero-order valence-electron chi connectivity index (χ0n) is 22.3. The third-order valence-electron chi connectivity index (χ3n) is 6.12. The van der Waals surface area contributed by atoms with Crippen LogP contribution in [0.5, 0.6) is 5.75 Å². The van der Waals surface area contributed by atoms with E-state index in [0.29, 0.717) is 13.0 Å².